The van der Waals surface area contributed by atoms with E-state index in [1.54, 1.807) is 0 Å². The molecular formula is C21H23NO2. The summed E-state index contributed by atoms with van der Waals surface area (Å²) in [7, 11) is 0. The molecule has 0 aromatic heterocycles. The van der Waals surface area contributed by atoms with Gasteiger partial charge in [0.25, 0.3) is 5.91 Å². The molecule has 2 aliphatic rings. The summed E-state index contributed by atoms with van der Waals surface area (Å²) >= 11 is 0. The van der Waals surface area contributed by atoms with E-state index < -0.39 is 0 Å². The molecule has 0 unspecified atom stereocenters. The first-order valence-electron chi connectivity index (χ1n) is 8.76. The average Bonchev–Trinajstić information content (AvgIpc) is 3.19. The minimum absolute atomic E-state index is 0.117. The third-order valence-corrected chi connectivity index (χ3v) is 5.82. The largest absolute Gasteiger partial charge is 0.396 e. The Balaban J connectivity index is 1.62. The standard InChI is InChI=1S/C21H23NO2/c23-15-21(13-16-7-3-1-4-8-16)14-18-11-12-19(21)22(18)20(24)17-9-5-2-6-10-17/h1-10,18-19,23H,11-15H2/t18-,19+,21-/m0/s1. The van der Waals surface area contributed by atoms with Crippen LogP contribution < -0.4 is 0 Å². The van der Waals surface area contributed by atoms with Crippen LogP contribution in [0.5, 0.6) is 0 Å². The first kappa shape index (κ1) is 15.4. The van der Waals surface area contributed by atoms with Crippen molar-refractivity contribution in [2.24, 2.45) is 5.41 Å². The minimum Gasteiger partial charge on any atom is -0.396 e. The quantitative estimate of drug-likeness (QED) is 0.939. The van der Waals surface area contributed by atoms with E-state index in [0.717, 1.165) is 31.2 Å². The van der Waals surface area contributed by atoms with Gasteiger partial charge in [-0.05, 0) is 43.4 Å². The summed E-state index contributed by atoms with van der Waals surface area (Å²) in [6, 6.07) is 20.3. The number of fused-ring (bicyclic) bond motifs is 2. The third-order valence-electron chi connectivity index (χ3n) is 5.82. The summed E-state index contributed by atoms with van der Waals surface area (Å²) in [5.74, 6) is 0.117. The molecule has 3 atom stereocenters. The second-order valence-corrected chi connectivity index (χ2v) is 7.21. The third kappa shape index (κ3) is 2.44. The number of nitrogens with zero attached hydrogens (tertiary/aromatic N) is 1. The van der Waals surface area contributed by atoms with Crippen LogP contribution in [-0.4, -0.2) is 34.6 Å². The van der Waals surface area contributed by atoms with Crippen LogP contribution in [0.15, 0.2) is 60.7 Å². The van der Waals surface area contributed by atoms with E-state index in [2.05, 4.69) is 17.0 Å². The van der Waals surface area contributed by atoms with Crippen molar-refractivity contribution in [3.63, 3.8) is 0 Å². The normalized spacial score (nSPS) is 28.3. The molecule has 2 heterocycles. The molecular weight excluding hydrogens is 298 g/mol. The number of benzene rings is 2. The van der Waals surface area contributed by atoms with Crippen LogP contribution in [0.2, 0.25) is 0 Å². The highest BCUT2D eigenvalue weighted by molar-refractivity contribution is 5.95. The van der Waals surface area contributed by atoms with E-state index in [-0.39, 0.29) is 30.0 Å². The topological polar surface area (TPSA) is 40.5 Å². The van der Waals surface area contributed by atoms with Crippen LogP contribution in [0, 0.1) is 5.41 Å². The van der Waals surface area contributed by atoms with E-state index >= 15 is 0 Å². The number of carbonyl (C=O) groups is 1. The predicted octanol–water partition coefficient (Wildman–Crippen LogP) is 3.28. The van der Waals surface area contributed by atoms with Crippen LogP contribution in [-0.2, 0) is 6.42 Å². The maximum absolute atomic E-state index is 13.0. The molecule has 0 radical (unpaired) electrons. The second kappa shape index (κ2) is 6.06. The lowest BCUT2D eigenvalue weighted by Gasteiger charge is -2.36. The zero-order chi connectivity index (χ0) is 16.6. The van der Waals surface area contributed by atoms with Crippen molar-refractivity contribution in [2.75, 3.05) is 6.61 Å². The zero-order valence-corrected chi connectivity index (χ0v) is 13.8. The summed E-state index contributed by atoms with van der Waals surface area (Å²) in [6.45, 7) is 0.141. The van der Waals surface area contributed by atoms with Gasteiger partial charge in [0, 0.05) is 23.1 Å². The summed E-state index contributed by atoms with van der Waals surface area (Å²) in [5.41, 5.74) is 1.79. The number of aliphatic hydroxyl groups is 1. The number of rotatable bonds is 4. The molecule has 2 saturated heterocycles. The number of aliphatic hydroxyl groups excluding tert-OH is 1. The van der Waals surface area contributed by atoms with Crippen LogP contribution in [0.25, 0.3) is 0 Å². The van der Waals surface area contributed by atoms with E-state index in [9.17, 15) is 9.90 Å². The van der Waals surface area contributed by atoms with Gasteiger partial charge in [-0.3, -0.25) is 4.79 Å². The Morgan fingerprint density at radius 1 is 1.04 bits per heavy atom. The van der Waals surface area contributed by atoms with Crippen molar-refractivity contribution in [2.45, 2.75) is 37.8 Å². The molecule has 3 nitrogen and oxygen atoms in total. The van der Waals surface area contributed by atoms with E-state index in [1.807, 2.05) is 48.5 Å². The monoisotopic (exact) mass is 321 g/mol. The molecule has 2 aromatic rings. The maximum atomic E-state index is 13.0. The van der Waals surface area contributed by atoms with Gasteiger partial charge in [0.2, 0.25) is 0 Å². The van der Waals surface area contributed by atoms with Gasteiger partial charge in [-0.25, -0.2) is 0 Å². The van der Waals surface area contributed by atoms with E-state index in [4.69, 9.17) is 0 Å². The van der Waals surface area contributed by atoms with Crippen molar-refractivity contribution in [1.82, 2.24) is 4.90 Å². The lowest BCUT2D eigenvalue weighted by atomic mass is 9.70. The van der Waals surface area contributed by atoms with Gasteiger partial charge in [0.15, 0.2) is 0 Å². The Bertz CT molecular complexity index is 715. The number of hydrogen-bond acceptors (Lipinski definition) is 2. The molecule has 2 bridgehead atoms. The van der Waals surface area contributed by atoms with Gasteiger partial charge in [-0.2, -0.15) is 0 Å². The zero-order valence-electron chi connectivity index (χ0n) is 13.8. The van der Waals surface area contributed by atoms with Crippen molar-refractivity contribution in [3.8, 4) is 0 Å². The minimum atomic E-state index is -0.200. The molecule has 1 amide bonds. The Morgan fingerprint density at radius 2 is 1.71 bits per heavy atom. The van der Waals surface area contributed by atoms with E-state index in [1.165, 1.54) is 5.56 Å². The molecule has 124 valence electrons. The first-order valence-corrected chi connectivity index (χ1v) is 8.76. The number of carbonyl (C=O) groups excluding carboxylic acids is 1. The highest BCUT2D eigenvalue weighted by Crippen LogP contribution is 2.51. The molecule has 2 aliphatic heterocycles. The number of amides is 1. The van der Waals surface area contributed by atoms with Crippen molar-refractivity contribution in [1.29, 1.82) is 0 Å². The average molecular weight is 321 g/mol. The van der Waals surface area contributed by atoms with Crippen LogP contribution in [0.3, 0.4) is 0 Å². The van der Waals surface area contributed by atoms with Gasteiger partial charge in [-0.15, -0.1) is 0 Å². The molecule has 0 aliphatic carbocycles. The van der Waals surface area contributed by atoms with Crippen LogP contribution in [0.4, 0.5) is 0 Å². The molecule has 2 fully saturated rings. The summed E-state index contributed by atoms with van der Waals surface area (Å²) in [6.07, 6.45) is 3.79. The summed E-state index contributed by atoms with van der Waals surface area (Å²) in [5, 5.41) is 10.2. The smallest absolute Gasteiger partial charge is 0.254 e. The maximum Gasteiger partial charge on any atom is 0.254 e. The molecule has 24 heavy (non-hydrogen) atoms. The lowest BCUT2D eigenvalue weighted by Crippen LogP contribution is -2.43. The van der Waals surface area contributed by atoms with Gasteiger partial charge in [0.05, 0.1) is 6.61 Å². The summed E-state index contributed by atoms with van der Waals surface area (Å²) in [4.78, 5) is 15.1. The van der Waals surface area contributed by atoms with Gasteiger partial charge < -0.3 is 10.0 Å². The highest BCUT2D eigenvalue weighted by Gasteiger charge is 2.57. The Hall–Kier alpha value is -2.13. The van der Waals surface area contributed by atoms with Crippen LogP contribution in [0.1, 0.15) is 35.2 Å². The number of hydrogen-bond donors (Lipinski definition) is 1. The van der Waals surface area contributed by atoms with Crippen LogP contribution >= 0.6 is 0 Å². The van der Waals surface area contributed by atoms with Gasteiger partial charge in [0.1, 0.15) is 0 Å². The SMILES string of the molecule is O=C(c1ccccc1)N1[C@H]2CC[C@@H]1[C@@](CO)(Cc1ccccc1)C2. The molecule has 2 aromatic carbocycles. The predicted molar refractivity (Wildman–Crippen MR) is 93.7 cm³/mol. The molecule has 4 rings (SSSR count). The van der Waals surface area contributed by atoms with Gasteiger partial charge >= 0.3 is 0 Å². The molecule has 1 N–H and O–H groups in total. The van der Waals surface area contributed by atoms with Gasteiger partial charge in [-0.1, -0.05) is 48.5 Å². The van der Waals surface area contributed by atoms with Crippen molar-refractivity contribution in [3.05, 3.63) is 71.8 Å². The molecule has 3 heteroatoms. The fourth-order valence-electron chi connectivity index (χ4n) is 4.75. The molecule has 0 saturated carbocycles. The van der Waals surface area contributed by atoms with Crippen molar-refractivity contribution < 1.29 is 9.90 Å². The Morgan fingerprint density at radius 3 is 2.38 bits per heavy atom. The lowest BCUT2D eigenvalue weighted by molar-refractivity contribution is 0.0571. The van der Waals surface area contributed by atoms with E-state index in [0.29, 0.717) is 0 Å². The molecule has 0 spiro atoms. The second-order valence-electron chi connectivity index (χ2n) is 7.21. The fourth-order valence-corrected chi connectivity index (χ4v) is 4.75. The van der Waals surface area contributed by atoms with Crippen molar-refractivity contribution >= 4 is 5.91 Å². The fraction of sp³-hybridized carbons (Fsp3) is 0.381. The Labute approximate surface area is 142 Å². The summed E-state index contributed by atoms with van der Waals surface area (Å²) < 4.78 is 0. The first-order chi connectivity index (χ1) is 11.7. The highest BCUT2D eigenvalue weighted by atomic mass is 16.3. The Kier molecular flexibility index (Phi) is 3.89.